The van der Waals surface area contributed by atoms with Gasteiger partial charge in [-0.1, -0.05) is 35.4 Å². The van der Waals surface area contributed by atoms with Crippen LogP contribution in [0.1, 0.15) is 18.4 Å². The first-order valence-electron chi connectivity index (χ1n) is 9.91. The summed E-state index contributed by atoms with van der Waals surface area (Å²) in [5, 5.41) is 15.6. The highest BCUT2D eigenvalue weighted by Crippen LogP contribution is 2.28. The monoisotopic (exact) mass is 376 g/mol. The average Bonchev–Trinajstić information content (AvgIpc) is 3.22. The van der Waals surface area contributed by atoms with Crippen molar-refractivity contribution in [2.45, 2.75) is 25.4 Å². The Morgan fingerprint density at radius 1 is 1.04 bits per heavy atom. The number of hydrogen-bond donors (Lipinski definition) is 1. The quantitative estimate of drug-likeness (QED) is 0.713. The predicted octanol–water partition coefficient (Wildman–Crippen LogP) is 2.64. The fourth-order valence-electron chi connectivity index (χ4n) is 4.24. The molecule has 1 aromatic heterocycles. The molecule has 0 amide bonds. The molecule has 0 saturated carbocycles. The molecule has 2 bridgehead atoms. The van der Waals surface area contributed by atoms with E-state index >= 15 is 0 Å². The largest absolute Gasteiger partial charge is 0.423 e. The Kier molecular flexibility index (Phi) is 4.76. The minimum atomic E-state index is 0.355. The molecule has 3 aliphatic heterocycles. The van der Waals surface area contributed by atoms with E-state index in [4.69, 9.17) is 4.74 Å². The Morgan fingerprint density at radius 2 is 1.89 bits per heavy atom. The summed E-state index contributed by atoms with van der Waals surface area (Å²) in [6.45, 7) is 4.55. The van der Waals surface area contributed by atoms with Crippen molar-refractivity contribution >= 4 is 0 Å². The van der Waals surface area contributed by atoms with Crippen molar-refractivity contribution in [3.63, 3.8) is 0 Å². The van der Waals surface area contributed by atoms with Gasteiger partial charge in [-0.25, -0.2) is 0 Å². The zero-order chi connectivity index (χ0) is 18.8. The normalized spacial score (nSPS) is 23.6. The third-order valence-corrected chi connectivity index (χ3v) is 5.77. The van der Waals surface area contributed by atoms with Gasteiger partial charge >= 0.3 is 6.01 Å². The van der Waals surface area contributed by atoms with Crippen LogP contribution in [0.3, 0.4) is 0 Å². The maximum atomic E-state index is 5.98. The van der Waals surface area contributed by atoms with Gasteiger partial charge in [0.2, 0.25) is 0 Å². The predicted molar refractivity (Wildman–Crippen MR) is 105 cm³/mol. The molecule has 7 nitrogen and oxygen atoms in total. The molecule has 28 heavy (non-hydrogen) atoms. The lowest BCUT2D eigenvalue weighted by molar-refractivity contribution is 0.0720. The molecule has 1 N–H and O–H groups in total. The van der Waals surface area contributed by atoms with Crippen LogP contribution in [0.25, 0.3) is 5.69 Å². The Bertz CT molecular complexity index is 919. The van der Waals surface area contributed by atoms with Gasteiger partial charge in [-0.2, -0.15) is 4.68 Å². The number of tetrazole rings is 1. The van der Waals surface area contributed by atoms with Crippen LogP contribution in [-0.2, 0) is 6.54 Å². The van der Waals surface area contributed by atoms with Gasteiger partial charge in [0.25, 0.3) is 0 Å². The summed E-state index contributed by atoms with van der Waals surface area (Å²) < 4.78 is 7.57. The summed E-state index contributed by atoms with van der Waals surface area (Å²) >= 11 is 0. The number of nitrogens with zero attached hydrogens (tertiary/aromatic N) is 5. The van der Waals surface area contributed by atoms with E-state index in [2.05, 4.69) is 37.9 Å². The summed E-state index contributed by atoms with van der Waals surface area (Å²) in [5.41, 5.74) is 2.07. The second-order valence-electron chi connectivity index (χ2n) is 7.58. The molecule has 3 saturated heterocycles. The van der Waals surface area contributed by atoms with Gasteiger partial charge in [0.1, 0.15) is 5.75 Å². The summed E-state index contributed by atoms with van der Waals surface area (Å²) in [6, 6.07) is 18.8. The van der Waals surface area contributed by atoms with E-state index < -0.39 is 0 Å². The van der Waals surface area contributed by atoms with Crippen LogP contribution in [0.15, 0.2) is 54.6 Å². The first kappa shape index (κ1) is 17.3. The van der Waals surface area contributed by atoms with E-state index in [0.29, 0.717) is 12.1 Å². The summed E-state index contributed by atoms with van der Waals surface area (Å²) in [6.07, 6.45) is 2.64. The molecule has 0 radical (unpaired) electrons. The number of rotatable bonds is 6. The molecule has 1 unspecified atom stereocenters. The second-order valence-corrected chi connectivity index (χ2v) is 7.58. The maximum absolute atomic E-state index is 5.98. The molecule has 0 spiro atoms. The molecular weight excluding hydrogens is 352 g/mol. The smallest absolute Gasteiger partial charge is 0.345 e. The van der Waals surface area contributed by atoms with Crippen molar-refractivity contribution in [2.75, 3.05) is 19.6 Å². The van der Waals surface area contributed by atoms with Crippen molar-refractivity contribution in [3.05, 3.63) is 60.2 Å². The van der Waals surface area contributed by atoms with Gasteiger partial charge in [0.05, 0.1) is 5.69 Å². The molecule has 4 heterocycles. The van der Waals surface area contributed by atoms with Gasteiger partial charge in [-0.15, -0.1) is 0 Å². The summed E-state index contributed by atoms with van der Waals surface area (Å²) in [7, 11) is 0. The van der Waals surface area contributed by atoms with E-state index in [1.807, 2.05) is 42.5 Å². The molecule has 2 aromatic carbocycles. The third kappa shape index (κ3) is 3.63. The molecule has 6 rings (SSSR count). The number of nitrogens with one attached hydrogen (secondary N) is 1. The van der Waals surface area contributed by atoms with E-state index in [1.165, 1.54) is 38.0 Å². The Balaban J connectivity index is 1.26. The van der Waals surface area contributed by atoms with Crippen LogP contribution < -0.4 is 10.1 Å². The highest BCUT2D eigenvalue weighted by Gasteiger charge is 2.33. The fourth-order valence-corrected chi connectivity index (χ4v) is 4.24. The number of hydrogen-bond acceptors (Lipinski definition) is 6. The van der Waals surface area contributed by atoms with Gasteiger partial charge in [0, 0.05) is 19.1 Å². The maximum Gasteiger partial charge on any atom is 0.345 e. The van der Waals surface area contributed by atoms with Crippen LogP contribution in [0.2, 0.25) is 0 Å². The van der Waals surface area contributed by atoms with Gasteiger partial charge < -0.3 is 15.0 Å². The topological polar surface area (TPSA) is 68.1 Å². The average molecular weight is 376 g/mol. The SMILES string of the molecule is c1ccc(-n2nnnc2Oc2cccc(CNC3CN4CCC3CC4)c2)cc1. The summed E-state index contributed by atoms with van der Waals surface area (Å²) in [5.74, 6) is 1.56. The van der Waals surface area contributed by atoms with Crippen molar-refractivity contribution in [2.24, 2.45) is 5.92 Å². The minimum Gasteiger partial charge on any atom is -0.423 e. The number of fused-ring (bicyclic) bond motifs is 3. The molecule has 0 aliphatic carbocycles. The molecule has 144 valence electrons. The molecular formula is C21H24N6O. The third-order valence-electron chi connectivity index (χ3n) is 5.77. The lowest BCUT2D eigenvalue weighted by atomic mass is 9.84. The van der Waals surface area contributed by atoms with Gasteiger partial charge in [0.15, 0.2) is 0 Å². The van der Waals surface area contributed by atoms with Crippen LogP contribution in [0.5, 0.6) is 11.8 Å². The highest BCUT2D eigenvalue weighted by molar-refractivity contribution is 5.34. The zero-order valence-corrected chi connectivity index (χ0v) is 15.7. The van der Waals surface area contributed by atoms with Crippen molar-refractivity contribution in [1.82, 2.24) is 30.4 Å². The van der Waals surface area contributed by atoms with Crippen LogP contribution in [0, 0.1) is 5.92 Å². The molecule has 1 atom stereocenters. The van der Waals surface area contributed by atoms with Crippen LogP contribution in [-0.4, -0.2) is 50.8 Å². The first-order chi connectivity index (χ1) is 13.8. The fraction of sp³-hybridized carbons (Fsp3) is 0.381. The number of para-hydroxylation sites is 1. The standard InChI is InChI=1S/C21H24N6O/c1-2-6-18(7-3-1)27-21(23-24-25-27)28-19-8-4-5-16(13-19)14-22-20-15-26-11-9-17(20)10-12-26/h1-8,13,17,20,22H,9-12,14-15H2. The molecule has 3 aliphatic rings. The van der Waals surface area contributed by atoms with Crippen LogP contribution >= 0.6 is 0 Å². The van der Waals surface area contributed by atoms with E-state index in [1.54, 1.807) is 4.68 Å². The second kappa shape index (κ2) is 7.69. The van der Waals surface area contributed by atoms with E-state index in [0.717, 1.165) is 23.9 Å². The number of ether oxygens (including phenoxy) is 1. The Labute approximate surface area is 164 Å². The van der Waals surface area contributed by atoms with E-state index in [9.17, 15) is 0 Å². The van der Waals surface area contributed by atoms with E-state index in [-0.39, 0.29) is 0 Å². The van der Waals surface area contributed by atoms with Gasteiger partial charge in [-0.05, 0) is 72.1 Å². The Hall–Kier alpha value is -2.77. The number of benzene rings is 2. The molecule has 7 heteroatoms. The number of piperidine rings is 3. The molecule has 3 fully saturated rings. The van der Waals surface area contributed by atoms with Crippen molar-refractivity contribution in [1.29, 1.82) is 0 Å². The molecule has 3 aromatic rings. The number of aromatic nitrogens is 4. The van der Waals surface area contributed by atoms with Crippen molar-refractivity contribution in [3.8, 4) is 17.4 Å². The lowest BCUT2D eigenvalue weighted by Crippen LogP contribution is -2.55. The minimum absolute atomic E-state index is 0.355. The lowest BCUT2D eigenvalue weighted by Gasteiger charge is -2.45. The van der Waals surface area contributed by atoms with Crippen molar-refractivity contribution < 1.29 is 4.74 Å². The van der Waals surface area contributed by atoms with Crippen LogP contribution in [0.4, 0.5) is 0 Å². The first-order valence-corrected chi connectivity index (χ1v) is 9.91. The van der Waals surface area contributed by atoms with Gasteiger partial charge in [-0.3, -0.25) is 0 Å². The zero-order valence-electron chi connectivity index (χ0n) is 15.7. The Morgan fingerprint density at radius 3 is 2.68 bits per heavy atom. The highest BCUT2D eigenvalue weighted by atomic mass is 16.5. The summed E-state index contributed by atoms with van der Waals surface area (Å²) in [4.78, 5) is 2.57.